The molecule has 3 aromatic heterocycles. The summed E-state index contributed by atoms with van der Waals surface area (Å²) in [7, 11) is 0. The van der Waals surface area contributed by atoms with Crippen molar-refractivity contribution in [2.75, 3.05) is 188 Å². The summed E-state index contributed by atoms with van der Waals surface area (Å²) >= 11 is 0. The first-order valence-corrected chi connectivity index (χ1v) is 41.4. The molecule has 24 nitrogen and oxygen atoms in total. The number of benzene rings is 6. The predicted octanol–water partition coefficient (Wildman–Crippen LogP) is 13.8. The van der Waals surface area contributed by atoms with Crippen molar-refractivity contribution in [3.8, 4) is 0 Å². The second kappa shape index (κ2) is 39.5. The lowest BCUT2D eigenvalue weighted by Crippen LogP contribution is -2.37. The van der Waals surface area contributed by atoms with Crippen LogP contribution in [0, 0.1) is 52.4 Å². The zero-order valence-electron chi connectivity index (χ0n) is 69.3. The standard InChI is InChI=1S/3C29H35F3N6O2/c3*1-18(2)36-5-4-6-38(8-7-36)29(39)20-13-22(19(3)34-21-15-23(30)27(32)24(31)16-21)28-25(14-20)33-17-26(35-28)37-9-11-40-12-10-37/h3*13-19,34H,4-12H2,1-3H3. The van der Waals surface area contributed by atoms with Gasteiger partial charge in [0, 0.05) is 223 Å². The van der Waals surface area contributed by atoms with Gasteiger partial charge in [0.15, 0.2) is 52.4 Å². The highest BCUT2D eigenvalue weighted by molar-refractivity contribution is 6.01. The van der Waals surface area contributed by atoms with Crippen molar-refractivity contribution in [3.05, 3.63) is 177 Å². The fourth-order valence-corrected chi connectivity index (χ4v) is 16.0. The van der Waals surface area contributed by atoms with E-state index >= 15 is 0 Å². The number of ether oxygens (including phenoxy) is 3. The van der Waals surface area contributed by atoms with Gasteiger partial charge in [-0.1, -0.05) is 0 Å². The van der Waals surface area contributed by atoms with E-state index in [1.165, 1.54) is 0 Å². The number of amides is 3. The molecule has 0 aliphatic carbocycles. The largest absolute Gasteiger partial charge is 0.378 e. The first kappa shape index (κ1) is 87.5. The van der Waals surface area contributed by atoms with Gasteiger partial charge in [-0.15, -0.1) is 0 Å². The van der Waals surface area contributed by atoms with Crippen molar-refractivity contribution >= 4 is 85.3 Å². The summed E-state index contributed by atoms with van der Waals surface area (Å²) in [5.41, 5.74) is 6.93. The Morgan fingerprint density at radius 1 is 0.317 bits per heavy atom. The number of hydrogen-bond acceptors (Lipinski definition) is 21. The minimum Gasteiger partial charge on any atom is -0.378 e. The van der Waals surface area contributed by atoms with Crippen molar-refractivity contribution in [2.45, 2.75) is 118 Å². The van der Waals surface area contributed by atoms with Gasteiger partial charge in [0.05, 0.1) is 109 Å². The fourth-order valence-electron chi connectivity index (χ4n) is 16.0. The molecule has 3 unspecified atom stereocenters. The number of carbonyl (C=O) groups excluding carboxylic acids is 3. The molecule has 15 rings (SSSR count). The second-order valence-electron chi connectivity index (χ2n) is 32.0. The van der Waals surface area contributed by atoms with Gasteiger partial charge in [0.25, 0.3) is 17.7 Å². The van der Waals surface area contributed by atoms with E-state index in [-0.39, 0.29) is 34.8 Å². The number of nitrogens with one attached hydrogen (secondary N) is 3. The second-order valence-corrected chi connectivity index (χ2v) is 32.0. The van der Waals surface area contributed by atoms with E-state index in [0.717, 1.165) is 94.9 Å². The molecule has 6 aliphatic rings. The summed E-state index contributed by atoms with van der Waals surface area (Å²) in [4.78, 5) is 88.8. The summed E-state index contributed by atoms with van der Waals surface area (Å²) in [5.74, 6) is -10.5. The number of morpholine rings is 3. The zero-order valence-corrected chi connectivity index (χ0v) is 69.3. The average molecular weight is 1670 g/mol. The molecule has 9 heterocycles. The molecule has 0 bridgehead atoms. The quantitative estimate of drug-likeness (QED) is 0.0537. The Kier molecular flexibility index (Phi) is 28.8. The maximum Gasteiger partial charge on any atom is 0.253 e. The summed E-state index contributed by atoms with van der Waals surface area (Å²) in [6.45, 7) is 35.0. The van der Waals surface area contributed by atoms with Crippen molar-refractivity contribution in [1.82, 2.24) is 59.3 Å². The lowest BCUT2D eigenvalue weighted by Gasteiger charge is -2.28. The molecule has 6 aliphatic heterocycles. The highest BCUT2D eigenvalue weighted by Gasteiger charge is 2.31. The third-order valence-corrected chi connectivity index (χ3v) is 22.9. The first-order valence-electron chi connectivity index (χ1n) is 41.4. The molecule has 33 heteroatoms. The average Bonchev–Trinajstić information content (AvgIpc) is 0.887. The number of anilines is 6. The number of aromatic nitrogens is 6. The van der Waals surface area contributed by atoms with Crippen LogP contribution in [0.4, 0.5) is 74.0 Å². The first-order chi connectivity index (χ1) is 57.6. The summed E-state index contributed by atoms with van der Waals surface area (Å²) in [6, 6.07) is 15.7. The summed E-state index contributed by atoms with van der Waals surface area (Å²) in [6.07, 6.45) is 7.73. The third-order valence-electron chi connectivity index (χ3n) is 22.9. The smallest absolute Gasteiger partial charge is 0.253 e. The molecule has 3 amide bonds. The maximum atomic E-state index is 13.9. The molecule has 3 N–H and O–H groups in total. The number of fused-ring (bicyclic) bond motifs is 3. The molecule has 6 aromatic carbocycles. The van der Waals surface area contributed by atoms with Crippen molar-refractivity contribution in [1.29, 1.82) is 0 Å². The highest BCUT2D eigenvalue weighted by atomic mass is 19.2. The van der Waals surface area contributed by atoms with Crippen molar-refractivity contribution < 1.29 is 68.1 Å². The van der Waals surface area contributed by atoms with Crippen LogP contribution < -0.4 is 30.7 Å². The van der Waals surface area contributed by atoms with E-state index in [4.69, 9.17) is 29.2 Å². The Balaban J connectivity index is 0.000000156. The molecule has 6 saturated heterocycles. The Labute approximate surface area is 692 Å². The van der Waals surface area contributed by atoms with Crippen LogP contribution in [0.15, 0.2) is 91.4 Å². The Bertz CT molecular complexity index is 4570. The van der Waals surface area contributed by atoms with Crippen LogP contribution in [0.25, 0.3) is 33.1 Å². The minimum absolute atomic E-state index is 0.0763. The normalized spacial score (nSPS) is 17.8. The van der Waals surface area contributed by atoms with E-state index in [1.54, 1.807) is 75.8 Å². The van der Waals surface area contributed by atoms with Crippen LogP contribution in [0.1, 0.15) is 147 Å². The van der Waals surface area contributed by atoms with Gasteiger partial charge < -0.3 is 59.6 Å². The molecule has 0 radical (unpaired) electrons. The Morgan fingerprint density at radius 2 is 0.558 bits per heavy atom. The molecule has 120 heavy (non-hydrogen) atoms. The number of nitrogens with zero attached hydrogens (tertiary/aromatic N) is 15. The molecule has 6 fully saturated rings. The van der Waals surface area contributed by atoms with Gasteiger partial charge >= 0.3 is 0 Å². The minimum atomic E-state index is -1.52. The van der Waals surface area contributed by atoms with Gasteiger partial charge in [-0.2, -0.15) is 0 Å². The SMILES string of the molecule is CC(Nc1cc(F)c(F)c(F)c1)c1cc(C(=O)N2CCCN(C(C)C)CC2)cc2ncc(N3CCOCC3)nc12.CC(Nc1cc(F)c(F)c(F)c1)c1cc(C(=O)N2CCCN(C(C)C)CC2)cc2ncc(N3CCOCC3)nc12.CC(Nc1cc(F)c(F)c(F)c1)c1cc(C(=O)N2CCCN(C(C)C)CC2)cc2ncc(N3CCOCC3)nc12. The fraction of sp³-hybridized carbons (Fsp3) is 0.483. The molecule has 0 saturated carbocycles. The Morgan fingerprint density at radius 3 is 0.792 bits per heavy atom. The van der Waals surface area contributed by atoms with Crippen LogP contribution in [0.5, 0.6) is 0 Å². The molecule has 0 spiro atoms. The van der Waals surface area contributed by atoms with Gasteiger partial charge in [-0.25, -0.2) is 54.5 Å². The predicted molar refractivity (Wildman–Crippen MR) is 444 cm³/mol. The van der Waals surface area contributed by atoms with Gasteiger partial charge in [-0.05, 0) is 118 Å². The number of halogens is 9. The van der Waals surface area contributed by atoms with E-state index in [1.807, 2.05) is 14.7 Å². The zero-order chi connectivity index (χ0) is 85.2. The van der Waals surface area contributed by atoms with Crippen molar-refractivity contribution in [3.63, 3.8) is 0 Å². The molecule has 642 valence electrons. The van der Waals surface area contributed by atoms with Gasteiger partial charge in [0.1, 0.15) is 17.5 Å². The monoisotopic (exact) mass is 1670 g/mol. The Hall–Kier alpha value is -10.3. The maximum absolute atomic E-state index is 13.9. The van der Waals surface area contributed by atoms with Crippen LogP contribution in [0.3, 0.4) is 0 Å². The van der Waals surface area contributed by atoms with Crippen molar-refractivity contribution in [2.24, 2.45) is 0 Å². The number of rotatable bonds is 18. The third kappa shape index (κ3) is 21.0. The van der Waals surface area contributed by atoms with E-state index < -0.39 is 70.5 Å². The molecule has 9 aromatic rings. The summed E-state index contributed by atoms with van der Waals surface area (Å²) in [5, 5.41) is 9.16. The van der Waals surface area contributed by atoms with Crippen LogP contribution in [0.2, 0.25) is 0 Å². The van der Waals surface area contributed by atoms with Crippen LogP contribution >= 0.6 is 0 Å². The van der Waals surface area contributed by atoms with Crippen LogP contribution in [-0.2, 0) is 14.2 Å². The molecular weight excluding hydrogens is 1560 g/mol. The highest BCUT2D eigenvalue weighted by Crippen LogP contribution is 2.36. The number of hydrogen-bond donors (Lipinski definition) is 3. The molecular formula is C87H105F9N18O6. The lowest BCUT2D eigenvalue weighted by atomic mass is 10.0. The topological polar surface area (TPSA) is 221 Å². The summed E-state index contributed by atoms with van der Waals surface area (Å²) < 4.78 is 141. The lowest BCUT2D eigenvalue weighted by molar-refractivity contribution is 0.0752. The number of carbonyl (C=O) groups is 3. The van der Waals surface area contributed by atoms with Gasteiger partial charge in [-0.3, -0.25) is 44.0 Å². The molecule has 3 atom stereocenters. The van der Waals surface area contributed by atoms with Gasteiger partial charge in [0.2, 0.25) is 0 Å². The van der Waals surface area contributed by atoms with E-state index in [0.29, 0.717) is 220 Å². The van der Waals surface area contributed by atoms with Crippen LogP contribution in [-0.4, -0.2) is 253 Å². The van der Waals surface area contributed by atoms with E-state index in [2.05, 4.69) is 102 Å². The van der Waals surface area contributed by atoms with E-state index in [9.17, 15) is 53.9 Å².